The van der Waals surface area contributed by atoms with Crippen molar-refractivity contribution in [3.05, 3.63) is 58.2 Å². The molecule has 0 bridgehead atoms. The normalized spacial score (nSPS) is 18.5. The van der Waals surface area contributed by atoms with E-state index in [9.17, 15) is 4.79 Å². The quantitative estimate of drug-likeness (QED) is 0.567. The van der Waals surface area contributed by atoms with Gasteiger partial charge in [0.15, 0.2) is 23.2 Å². The van der Waals surface area contributed by atoms with Crippen LogP contribution in [0.4, 0.5) is 0 Å². The van der Waals surface area contributed by atoms with E-state index in [2.05, 4.69) is 41.5 Å². The van der Waals surface area contributed by atoms with Gasteiger partial charge >= 0.3 is 0 Å². The molecule has 1 aliphatic heterocycles. The highest BCUT2D eigenvalue weighted by Crippen LogP contribution is 2.44. The lowest BCUT2D eigenvalue weighted by atomic mass is 9.96. The van der Waals surface area contributed by atoms with Gasteiger partial charge in [0.25, 0.3) is 5.56 Å². The van der Waals surface area contributed by atoms with Crippen LogP contribution in [0.3, 0.4) is 0 Å². The molecule has 0 radical (unpaired) electrons. The topological polar surface area (TPSA) is 69.3 Å². The highest BCUT2D eigenvalue weighted by molar-refractivity contribution is 6.05. The summed E-state index contributed by atoms with van der Waals surface area (Å²) in [7, 11) is 1.67. The Morgan fingerprint density at radius 2 is 2.10 bits per heavy atom. The molecular weight excluding hydrogens is 366 g/mol. The summed E-state index contributed by atoms with van der Waals surface area (Å²) in [4.78, 5) is 17.3. The first-order chi connectivity index (χ1) is 14.2. The first-order valence-electron chi connectivity index (χ1n) is 10.0. The number of fused-ring (bicyclic) bond motifs is 4. The molecule has 0 spiro atoms. The number of oxazole rings is 1. The SMILES string of the molecule is COc1c(-c2ccc3c(c2)CN[C@@H]3C)ccc2c3ocnc3c(=O)n(C3CC3)c12. The Hall–Kier alpha value is -3.12. The molecule has 29 heavy (non-hydrogen) atoms. The number of hydrogen-bond donors (Lipinski definition) is 1. The van der Waals surface area contributed by atoms with Gasteiger partial charge < -0.3 is 14.5 Å². The Morgan fingerprint density at radius 3 is 2.90 bits per heavy atom. The third-order valence-corrected chi connectivity index (χ3v) is 6.24. The molecule has 0 amide bonds. The van der Waals surface area contributed by atoms with Crippen molar-refractivity contribution < 1.29 is 9.15 Å². The molecule has 6 nitrogen and oxygen atoms in total. The van der Waals surface area contributed by atoms with Gasteiger partial charge in [-0.2, -0.15) is 0 Å². The molecule has 4 aromatic rings. The van der Waals surface area contributed by atoms with E-state index in [-0.39, 0.29) is 11.6 Å². The van der Waals surface area contributed by atoms with Crippen molar-refractivity contribution in [2.24, 2.45) is 0 Å². The summed E-state index contributed by atoms with van der Waals surface area (Å²) in [6, 6.07) is 11.2. The van der Waals surface area contributed by atoms with E-state index in [0.717, 1.165) is 41.4 Å². The minimum atomic E-state index is -0.105. The number of hydrogen-bond acceptors (Lipinski definition) is 5. The van der Waals surface area contributed by atoms with Gasteiger partial charge in [0, 0.05) is 29.6 Å². The Labute approximate surface area is 167 Å². The van der Waals surface area contributed by atoms with E-state index in [0.29, 0.717) is 22.9 Å². The number of nitrogens with one attached hydrogen (secondary N) is 1. The van der Waals surface area contributed by atoms with Crippen LogP contribution in [0, 0.1) is 0 Å². The standard InChI is InChI=1S/C23H21N3O3/c1-12-16-6-3-13(9-14(16)10-24-12)17-7-8-18-20(22(17)28-2)26(15-4-5-15)23(27)19-21(18)29-11-25-19/h3,6-9,11-12,15,24H,4-5,10H2,1-2H3/t12-/m1/s1. The van der Waals surface area contributed by atoms with E-state index in [4.69, 9.17) is 9.15 Å². The van der Waals surface area contributed by atoms with E-state index in [1.165, 1.54) is 17.5 Å². The summed E-state index contributed by atoms with van der Waals surface area (Å²) in [5.74, 6) is 0.712. The lowest BCUT2D eigenvalue weighted by Crippen LogP contribution is -2.20. The largest absolute Gasteiger partial charge is 0.494 e. The number of aromatic nitrogens is 2. The van der Waals surface area contributed by atoms with Gasteiger partial charge in [-0.15, -0.1) is 0 Å². The van der Waals surface area contributed by atoms with Crippen molar-refractivity contribution in [2.75, 3.05) is 7.11 Å². The van der Waals surface area contributed by atoms with Gasteiger partial charge in [-0.05, 0) is 54.7 Å². The van der Waals surface area contributed by atoms with Crippen molar-refractivity contribution in [1.29, 1.82) is 0 Å². The third kappa shape index (κ3) is 2.32. The van der Waals surface area contributed by atoms with Crippen molar-refractivity contribution in [1.82, 2.24) is 14.9 Å². The van der Waals surface area contributed by atoms with Crippen LogP contribution in [-0.2, 0) is 6.54 Å². The number of nitrogens with zero attached hydrogens (tertiary/aromatic N) is 2. The number of pyridine rings is 1. The Bertz CT molecular complexity index is 1350. The van der Waals surface area contributed by atoms with Crippen LogP contribution in [0.1, 0.15) is 43.0 Å². The maximum Gasteiger partial charge on any atom is 0.281 e. The number of rotatable bonds is 3. The second kappa shape index (κ2) is 5.94. The molecule has 1 atom stereocenters. The van der Waals surface area contributed by atoms with Crippen LogP contribution >= 0.6 is 0 Å². The maximum absolute atomic E-state index is 13.2. The molecule has 146 valence electrons. The van der Waals surface area contributed by atoms with Crippen LogP contribution in [0.2, 0.25) is 0 Å². The molecule has 1 N–H and O–H groups in total. The zero-order chi connectivity index (χ0) is 19.7. The van der Waals surface area contributed by atoms with Gasteiger partial charge in [0.2, 0.25) is 0 Å². The Morgan fingerprint density at radius 1 is 1.24 bits per heavy atom. The summed E-state index contributed by atoms with van der Waals surface area (Å²) >= 11 is 0. The van der Waals surface area contributed by atoms with Gasteiger partial charge in [0.1, 0.15) is 0 Å². The molecule has 2 aromatic heterocycles. The molecule has 2 aliphatic rings. The highest BCUT2D eigenvalue weighted by atomic mass is 16.5. The molecular formula is C23H21N3O3. The fourth-order valence-electron chi connectivity index (χ4n) is 4.64. The third-order valence-electron chi connectivity index (χ3n) is 6.24. The van der Waals surface area contributed by atoms with E-state index < -0.39 is 0 Å². The molecule has 1 fully saturated rings. The van der Waals surface area contributed by atoms with Gasteiger partial charge in [0.05, 0.1) is 12.6 Å². The monoisotopic (exact) mass is 387 g/mol. The predicted octanol–water partition coefficient (Wildman–Crippen LogP) is 4.32. The van der Waals surface area contributed by atoms with Crippen LogP contribution in [0.25, 0.3) is 33.1 Å². The fraction of sp³-hybridized carbons (Fsp3) is 0.304. The van der Waals surface area contributed by atoms with Crippen molar-refractivity contribution in [3.8, 4) is 16.9 Å². The molecule has 0 saturated heterocycles. The summed E-state index contributed by atoms with van der Waals surface area (Å²) in [6.07, 6.45) is 3.33. The molecule has 0 unspecified atom stereocenters. The number of methoxy groups -OCH3 is 1. The zero-order valence-corrected chi connectivity index (χ0v) is 16.4. The lowest BCUT2D eigenvalue weighted by Gasteiger charge is -2.17. The second-order valence-corrected chi connectivity index (χ2v) is 8.00. The average Bonchev–Trinajstić information content (AvgIpc) is 3.32. The minimum absolute atomic E-state index is 0.105. The number of benzene rings is 2. The van der Waals surface area contributed by atoms with E-state index in [1.54, 1.807) is 7.11 Å². The second-order valence-electron chi connectivity index (χ2n) is 8.00. The molecule has 6 heteroatoms. The van der Waals surface area contributed by atoms with Gasteiger partial charge in [-0.3, -0.25) is 9.36 Å². The zero-order valence-electron chi connectivity index (χ0n) is 16.4. The molecule has 2 aromatic carbocycles. The first-order valence-corrected chi connectivity index (χ1v) is 10.0. The molecule has 1 aliphatic carbocycles. The van der Waals surface area contributed by atoms with Crippen molar-refractivity contribution >= 4 is 22.0 Å². The van der Waals surface area contributed by atoms with Gasteiger partial charge in [-0.25, -0.2) is 4.98 Å². The number of ether oxygens (including phenoxy) is 1. The molecule has 1 saturated carbocycles. The Balaban J connectivity index is 1.68. The van der Waals surface area contributed by atoms with Crippen LogP contribution in [0.5, 0.6) is 5.75 Å². The first kappa shape index (κ1) is 16.8. The van der Waals surface area contributed by atoms with Gasteiger partial charge in [-0.1, -0.05) is 12.1 Å². The summed E-state index contributed by atoms with van der Waals surface area (Å²) in [5, 5.41) is 4.34. The lowest BCUT2D eigenvalue weighted by molar-refractivity contribution is 0.418. The van der Waals surface area contributed by atoms with Crippen molar-refractivity contribution in [2.45, 2.75) is 38.4 Å². The van der Waals surface area contributed by atoms with Crippen LogP contribution in [-0.4, -0.2) is 16.7 Å². The minimum Gasteiger partial charge on any atom is -0.494 e. The average molecular weight is 387 g/mol. The molecule has 3 heterocycles. The maximum atomic E-state index is 13.2. The molecule has 6 rings (SSSR count). The summed E-state index contributed by atoms with van der Waals surface area (Å²) in [5.41, 5.74) is 6.32. The highest BCUT2D eigenvalue weighted by Gasteiger charge is 2.31. The Kier molecular flexibility index (Phi) is 3.44. The van der Waals surface area contributed by atoms with Crippen LogP contribution in [0.15, 0.2) is 45.9 Å². The summed E-state index contributed by atoms with van der Waals surface area (Å²) < 4.78 is 13.4. The fourth-order valence-corrected chi connectivity index (χ4v) is 4.64. The van der Waals surface area contributed by atoms with Crippen molar-refractivity contribution in [3.63, 3.8) is 0 Å². The predicted molar refractivity (Wildman–Crippen MR) is 111 cm³/mol. The van der Waals surface area contributed by atoms with E-state index in [1.807, 2.05) is 10.6 Å². The van der Waals surface area contributed by atoms with E-state index >= 15 is 0 Å². The smallest absolute Gasteiger partial charge is 0.281 e. The van der Waals surface area contributed by atoms with Crippen LogP contribution < -0.4 is 15.6 Å². The summed E-state index contributed by atoms with van der Waals surface area (Å²) in [6.45, 7) is 3.05.